The molecule has 0 aliphatic carbocycles. The molecule has 10 heteroatoms. The highest BCUT2D eigenvalue weighted by atomic mass is 35.5. The second-order valence-corrected chi connectivity index (χ2v) is 6.69. The standard InChI is InChI=1S/C12H10Cl2N2O5S/c1-15-6-10(11(17)16(2)12(15)18)22(19,20)21-7-3-4-8(13)9(14)5-7/h3-6H,1-2H3. The number of aryl methyl sites for hydroxylation is 1. The maximum Gasteiger partial charge on any atom is 0.346 e. The van der Waals surface area contributed by atoms with Gasteiger partial charge in [0, 0.05) is 26.4 Å². The quantitative estimate of drug-likeness (QED) is 0.762. The molecule has 1 aromatic carbocycles. The zero-order valence-corrected chi connectivity index (χ0v) is 13.7. The topological polar surface area (TPSA) is 87.4 Å². The van der Waals surface area contributed by atoms with E-state index in [1.807, 2.05) is 0 Å². The maximum absolute atomic E-state index is 12.2. The molecule has 2 aromatic rings. The van der Waals surface area contributed by atoms with Gasteiger partial charge < -0.3 is 8.75 Å². The minimum absolute atomic E-state index is 0.0998. The van der Waals surface area contributed by atoms with Gasteiger partial charge in [-0.25, -0.2) is 4.79 Å². The van der Waals surface area contributed by atoms with Gasteiger partial charge in [0.1, 0.15) is 5.75 Å². The van der Waals surface area contributed by atoms with E-state index in [9.17, 15) is 18.0 Å². The summed E-state index contributed by atoms with van der Waals surface area (Å²) in [5.41, 5.74) is -1.64. The van der Waals surface area contributed by atoms with Crippen LogP contribution in [0.5, 0.6) is 5.75 Å². The second kappa shape index (κ2) is 5.79. The molecule has 0 aliphatic rings. The lowest BCUT2D eigenvalue weighted by Crippen LogP contribution is -2.39. The van der Waals surface area contributed by atoms with Crippen LogP contribution in [-0.2, 0) is 24.2 Å². The van der Waals surface area contributed by atoms with Gasteiger partial charge in [-0.3, -0.25) is 9.36 Å². The summed E-state index contributed by atoms with van der Waals surface area (Å²) in [6.07, 6.45) is 0.900. The second-order valence-electron chi connectivity index (χ2n) is 4.36. The molecule has 0 atom stereocenters. The fourth-order valence-electron chi connectivity index (χ4n) is 1.65. The molecular formula is C12H10Cl2N2O5S. The van der Waals surface area contributed by atoms with Crippen molar-refractivity contribution in [3.63, 3.8) is 0 Å². The Kier molecular flexibility index (Phi) is 4.37. The summed E-state index contributed by atoms with van der Waals surface area (Å²) in [5, 5.41) is 0.326. The van der Waals surface area contributed by atoms with E-state index in [-0.39, 0.29) is 15.8 Å². The van der Waals surface area contributed by atoms with Crippen molar-refractivity contribution in [2.45, 2.75) is 4.90 Å². The van der Waals surface area contributed by atoms with Crippen molar-refractivity contribution in [2.75, 3.05) is 0 Å². The van der Waals surface area contributed by atoms with Gasteiger partial charge in [0.2, 0.25) is 0 Å². The molecule has 0 bridgehead atoms. The van der Waals surface area contributed by atoms with E-state index in [1.165, 1.54) is 32.3 Å². The van der Waals surface area contributed by atoms with Gasteiger partial charge in [-0.1, -0.05) is 23.2 Å². The molecule has 0 N–H and O–H groups in total. The fourth-order valence-corrected chi connectivity index (χ4v) is 3.02. The highest BCUT2D eigenvalue weighted by Gasteiger charge is 2.24. The van der Waals surface area contributed by atoms with E-state index in [4.69, 9.17) is 27.4 Å². The zero-order chi connectivity index (χ0) is 16.7. The number of benzene rings is 1. The lowest BCUT2D eigenvalue weighted by atomic mass is 10.3. The van der Waals surface area contributed by atoms with E-state index < -0.39 is 26.3 Å². The van der Waals surface area contributed by atoms with E-state index in [0.717, 1.165) is 10.8 Å². The summed E-state index contributed by atoms with van der Waals surface area (Å²) >= 11 is 11.5. The molecule has 1 aromatic heterocycles. The third-order valence-electron chi connectivity index (χ3n) is 2.78. The van der Waals surface area contributed by atoms with Crippen molar-refractivity contribution < 1.29 is 12.6 Å². The Morgan fingerprint density at radius 3 is 2.32 bits per heavy atom. The number of hydrogen-bond donors (Lipinski definition) is 0. The van der Waals surface area contributed by atoms with Crippen LogP contribution >= 0.6 is 23.2 Å². The summed E-state index contributed by atoms with van der Waals surface area (Å²) in [5.74, 6) is -0.106. The first kappa shape index (κ1) is 16.6. The summed E-state index contributed by atoms with van der Waals surface area (Å²) in [7, 11) is -1.94. The van der Waals surface area contributed by atoms with Gasteiger partial charge in [0.15, 0.2) is 4.90 Å². The third kappa shape index (κ3) is 3.03. The number of halogens is 2. The minimum Gasteiger partial charge on any atom is -0.379 e. The average Bonchev–Trinajstić information content (AvgIpc) is 2.44. The minimum atomic E-state index is -4.43. The summed E-state index contributed by atoms with van der Waals surface area (Å²) in [6, 6.07) is 3.85. The van der Waals surface area contributed by atoms with Crippen LogP contribution in [0.15, 0.2) is 38.9 Å². The zero-order valence-electron chi connectivity index (χ0n) is 11.4. The first-order chi connectivity index (χ1) is 10.1. The summed E-state index contributed by atoms with van der Waals surface area (Å²) < 4.78 is 30.9. The smallest absolute Gasteiger partial charge is 0.346 e. The number of nitrogens with zero attached hydrogens (tertiary/aromatic N) is 2. The van der Waals surface area contributed by atoms with Crippen molar-refractivity contribution in [3.8, 4) is 5.75 Å². The van der Waals surface area contributed by atoms with Crippen LogP contribution < -0.4 is 15.4 Å². The van der Waals surface area contributed by atoms with E-state index >= 15 is 0 Å². The lowest BCUT2D eigenvalue weighted by molar-refractivity contribution is 0.480. The van der Waals surface area contributed by atoms with E-state index in [1.54, 1.807) is 0 Å². The van der Waals surface area contributed by atoms with Gasteiger partial charge in [0.25, 0.3) is 5.56 Å². The molecule has 0 spiro atoms. The molecule has 118 valence electrons. The van der Waals surface area contributed by atoms with Gasteiger partial charge in [-0.15, -0.1) is 0 Å². The highest BCUT2D eigenvalue weighted by molar-refractivity contribution is 7.87. The van der Waals surface area contributed by atoms with Gasteiger partial charge >= 0.3 is 15.8 Å². The first-order valence-corrected chi connectivity index (χ1v) is 7.96. The first-order valence-electron chi connectivity index (χ1n) is 5.79. The molecule has 0 unspecified atom stereocenters. The molecule has 0 saturated carbocycles. The van der Waals surface area contributed by atoms with Crippen molar-refractivity contribution in [2.24, 2.45) is 14.1 Å². The van der Waals surface area contributed by atoms with Gasteiger partial charge in [-0.2, -0.15) is 8.42 Å². The Bertz CT molecular complexity index is 962. The van der Waals surface area contributed by atoms with Crippen LogP contribution in [0.25, 0.3) is 0 Å². The molecule has 0 fully saturated rings. The SMILES string of the molecule is Cn1cc(S(=O)(=O)Oc2ccc(Cl)c(Cl)c2)c(=O)n(C)c1=O. The predicted molar refractivity (Wildman–Crippen MR) is 81.2 cm³/mol. The molecule has 0 saturated heterocycles. The van der Waals surface area contributed by atoms with Crippen LogP contribution in [0.3, 0.4) is 0 Å². The van der Waals surface area contributed by atoms with Crippen molar-refractivity contribution >= 4 is 33.3 Å². The Balaban J connectivity index is 2.54. The molecule has 1 heterocycles. The van der Waals surface area contributed by atoms with Crippen LogP contribution in [-0.4, -0.2) is 17.6 Å². The molecule has 2 rings (SSSR count). The maximum atomic E-state index is 12.2. The highest BCUT2D eigenvalue weighted by Crippen LogP contribution is 2.27. The van der Waals surface area contributed by atoms with Crippen LogP contribution in [0.2, 0.25) is 10.0 Å². The van der Waals surface area contributed by atoms with Gasteiger partial charge in [0.05, 0.1) is 10.0 Å². The Hall–Kier alpha value is -1.77. The Morgan fingerprint density at radius 1 is 1.09 bits per heavy atom. The molecule has 7 nitrogen and oxygen atoms in total. The monoisotopic (exact) mass is 364 g/mol. The van der Waals surface area contributed by atoms with Crippen LogP contribution in [0, 0.1) is 0 Å². The Labute approximate surface area is 135 Å². The summed E-state index contributed by atoms with van der Waals surface area (Å²) in [6.45, 7) is 0. The Morgan fingerprint density at radius 2 is 1.73 bits per heavy atom. The predicted octanol–water partition coefficient (Wildman–Crippen LogP) is 1.16. The number of hydrogen-bond acceptors (Lipinski definition) is 5. The van der Waals surface area contributed by atoms with E-state index in [0.29, 0.717) is 4.57 Å². The van der Waals surface area contributed by atoms with Crippen molar-refractivity contribution in [1.29, 1.82) is 0 Å². The molecular weight excluding hydrogens is 355 g/mol. The van der Waals surface area contributed by atoms with Crippen LogP contribution in [0.4, 0.5) is 0 Å². The molecule has 0 radical (unpaired) electrons. The van der Waals surface area contributed by atoms with Gasteiger partial charge in [-0.05, 0) is 12.1 Å². The molecule has 0 amide bonds. The van der Waals surface area contributed by atoms with Crippen LogP contribution in [0.1, 0.15) is 0 Å². The normalized spacial score (nSPS) is 11.5. The number of aromatic nitrogens is 2. The summed E-state index contributed by atoms with van der Waals surface area (Å²) in [4.78, 5) is 22.8. The molecule has 22 heavy (non-hydrogen) atoms. The molecule has 0 aliphatic heterocycles. The lowest BCUT2D eigenvalue weighted by Gasteiger charge is -2.09. The largest absolute Gasteiger partial charge is 0.379 e. The number of rotatable bonds is 3. The average molecular weight is 365 g/mol. The fraction of sp³-hybridized carbons (Fsp3) is 0.167. The van der Waals surface area contributed by atoms with Crippen molar-refractivity contribution in [1.82, 2.24) is 9.13 Å². The third-order valence-corrected chi connectivity index (χ3v) is 4.75. The van der Waals surface area contributed by atoms with E-state index in [2.05, 4.69) is 0 Å². The van der Waals surface area contributed by atoms with Crippen molar-refractivity contribution in [3.05, 3.63) is 55.3 Å².